The third kappa shape index (κ3) is 6.92. The van der Waals surface area contributed by atoms with Gasteiger partial charge in [-0.3, -0.25) is 4.90 Å². The lowest BCUT2D eigenvalue weighted by Crippen LogP contribution is -2.39. The number of likely N-dealkylation sites (tertiary alicyclic amines) is 1. The number of hydrogen-bond donors (Lipinski definition) is 1. The van der Waals surface area contributed by atoms with Gasteiger partial charge in [0.05, 0.1) is 0 Å². The van der Waals surface area contributed by atoms with Crippen LogP contribution in [-0.2, 0) is 0 Å². The Kier molecular flexibility index (Phi) is 8.27. The van der Waals surface area contributed by atoms with Crippen molar-refractivity contribution in [1.29, 1.82) is 0 Å². The van der Waals surface area contributed by atoms with Crippen molar-refractivity contribution in [1.82, 2.24) is 4.90 Å². The van der Waals surface area contributed by atoms with E-state index in [1.807, 2.05) is 25.2 Å². The Morgan fingerprint density at radius 1 is 1.12 bits per heavy atom. The van der Waals surface area contributed by atoms with E-state index in [-0.39, 0.29) is 5.76 Å². The van der Waals surface area contributed by atoms with Crippen molar-refractivity contribution < 1.29 is 5.11 Å². The minimum Gasteiger partial charge on any atom is -0.508 e. The molecule has 2 heteroatoms. The molecule has 0 spiro atoms. The van der Waals surface area contributed by atoms with Crippen molar-refractivity contribution in [3.63, 3.8) is 0 Å². The molecule has 1 heterocycles. The summed E-state index contributed by atoms with van der Waals surface area (Å²) < 4.78 is 0. The van der Waals surface area contributed by atoms with Crippen LogP contribution in [0.3, 0.4) is 0 Å². The van der Waals surface area contributed by atoms with E-state index in [2.05, 4.69) is 44.9 Å². The van der Waals surface area contributed by atoms with Crippen molar-refractivity contribution >= 4 is 0 Å². The molecule has 1 N–H and O–H groups in total. The lowest BCUT2D eigenvalue weighted by Gasteiger charge is -2.39. The fourth-order valence-electron chi connectivity index (χ4n) is 3.06. The first kappa shape index (κ1) is 20.5. The highest BCUT2D eigenvalue weighted by molar-refractivity contribution is 5.36. The van der Waals surface area contributed by atoms with Crippen molar-refractivity contribution in [2.24, 2.45) is 5.41 Å². The van der Waals surface area contributed by atoms with E-state index >= 15 is 0 Å². The second-order valence-electron chi connectivity index (χ2n) is 7.40. The molecule has 0 aliphatic carbocycles. The number of allylic oxidation sites excluding steroid dienone is 5. The molecule has 1 aliphatic heterocycles. The first-order valence-electron chi connectivity index (χ1n) is 9.04. The fourth-order valence-corrected chi connectivity index (χ4v) is 3.06. The predicted octanol–water partition coefficient (Wildman–Crippen LogP) is 5.97. The van der Waals surface area contributed by atoms with Gasteiger partial charge in [-0.2, -0.15) is 0 Å². The highest BCUT2D eigenvalue weighted by Crippen LogP contribution is 2.36. The highest BCUT2D eigenvalue weighted by atomic mass is 16.3. The van der Waals surface area contributed by atoms with Gasteiger partial charge >= 0.3 is 0 Å². The Morgan fingerprint density at radius 3 is 2.25 bits per heavy atom. The average Bonchev–Trinajstić information content (AvgIpc) is 2.55. The van der Waals surface area contributed by atoms with E-state index in [9.17, 15) is 5.11 Å². The monoisotopic (exact) mass is 329 g/mol. The predicted molar refractivity (Wildman–Crippen MR) is 106 cm³/mol. The maximum atomic E-state index is 9.45. The van der Waals surface area contributed by atoms with Gasteiger partial charge in [0.2, 0.25) is 0 Å². The van der Waals surface area contributed by atoms with Crippen LogP contribution < -0.4 is 0 Å². The molecular formula is C22H35NO. The maximum Gasteiger partial charge on any atom is 0.115 e. The van der Waals surface area contributed by atoms with E-state index in [1.165, 1.54) is 37.9 Å². The lowest BCUT2D eigenvalue weighted by atomic mass is 9.76. The normalized spacial score (nSPS) is 19.7. The Labute approximate surface area is 149 Å². The molecule has 1 rings (SSSR count). The second kappa shape index (κ2) is 9.68. The van der Waals surface area contributed by atoms with Crippen LogP contribution in [0.15, 0.2) is 59.9 Å². The van der Waals surface area contributed by atoms with Crippen LogP contribution in [-0.4, -0.2) is 29.6 Å². The van der Waals surface area contributed by atoms with Crippen LogP contribution in [0.2, 0.25) is 0 Å². The molecule has 0 unspecified atom stereocenters. The molecule has 0 atom stereocenters. The largest absolute Gasteiger partial charge is 0.508 e. The van der Waals surface area contributed by atoms with E-state index in [1.54, 1.807) is 0 Å². The number of piperidine rings is 1. The molecular weight excluding hydrogens is 294 g/mol. The van der Waals surface area contributed by atoms with Crippen LogP contribution in [0.1, 0.15) is 53.4 Å². The first-order valence-corrected chi connectivity index (χ1v) is 9.04. The quantitative estimate of drug-likeness (QED) is 0.337. The molecule has 0 radical (unpaired) electrons. The van der Waals surface area contributed by atoms with E-state index in [0.29, 0.717) is 5.41 Å². The molecule has 0 bridgehead atoms. The summed E-state index contributed by atoms with van der Waals surface area (Å²) >= 11 is 0. The Morgan fingerprint density at radius 2 is 1.75 bits per heavy atom. The van der Waals surface area contributed by atoms with E-state index in [4.69, 9.17) is 0 Å². The lowest BCUT2D eigenvalue weighted by molar-refractivity contribution is 0.118. The number of hydrogen-bond acceptors (Lipinski definition) is 2. The molecule has 0 aromatic carbocycles. The topological polar surface area (TPSA) is 23.5 Å². The van der Waals surface area contributed by atoms with Gasteiger partial charge in [0, 0.05) is 12.1 Å². The van der Waals surface area contributed by atoms with Gasteiger partial charge in [-0.15, -0.1) is 0 Å². The molecule has 1 fully saturated rings. The summed E-state index contributed by atoms with van der Waals surface area (Å²) in [4.78, 5) is 2.57. The molecule has 1 aliphatic rings. The third-order valence-corrected chi connectivity index (χ3v) is 5.22. The zero-order valence-electron chi connectivity index (χ0n) is 16.1. The van der Waals surface area contributed by atoms with Gasteiger partial charge in [-0.1, -0.05) is 55.5 Å². The van der Waals surface area contributed by atoms with Crippen LogP contribution >= 0.6 is 0 Å². The molecule has 134 valence electrons. The molecule has 24 heavy (non-hydrogen) atoms. The minimum absolute atomic E-state index is 0.109. The molecule has 0 aromatic rings. The molecule has 0 saturated carbocycles. The van der Waals surface area contributed by atoms with Crippen LogP contribution in [0, 0.1) is 5.41 Å². The Balaban J connectivity index is 2.43. The Hall–Kier alpha value is -1.54. The number of nitrogens with zero attached hydrogens (tertiary/aromatic N) is 1. The van der Waals surface area contributed by atoms with E-state index in [0.717, 1.165) is 24.1 Å². The summed E-state index contributed by atoms with van der Waals surface area (Å²) in [7, 11) is 0. The maximum absolute atomic E-state index is 9.45. The smallest absolute Gasteiger partial charge is 0.115 e. The van der Waals surface area contributed by atoms with Crippen molar-refractivity contribution in [2.75, 3.05) is 19.6 Å². The molecule has 2 nitrogen and oxygen atoms in total. The zero-order valence-corrected chi connectivity index (χ0v) is 16.1. The summed E-state index contributed by atoms with van der Waals surface area (Å²) in [6.45, 7) is 19.9. The zero-order chi connectivity index (χ0) is 18.2. The Bertz CT molecular complexity index is 528. The minimum atomic E-state index is 0.109. The fraction of sp³-hybridized carbons (Fsp3) is 0.545. The number of aliphatic hydroxyl groups excluding tert-OH is 1. The molecule has 1 saturated heterocycles. The van der Waals surface area contributed by atoms with Crippen LogP contribution in [0.5, 0.6) is 0 Å². The standard InChI is InChI=1S/C22H35NO/c1-7-18(3)17-23-15-13-22(6,14-16-23)12-11-19(4)9-10-21(8-2)20(5)24/h7-10,24H,4-5,11-17H2,1-3,6H3/b10-9-,18-7+,21-8+. The van der Waals surface area contributed by atoms with Crippen LogP contribution in [0.4, 0.5) is 0 Å². The summed E-state index contributed by atoms with van der Waals surface area (Å²) in [5.41, 5.74) is 3.75. The summed E-state index contributed by atoms with van der Waals surface area (Å²) in [5.74, 6) is 0.109. The van der Waals surface area contributed by atoms with Gasteiger partial charge in [0.25, 0.3) is 0 Å². The van der Waals surface area contributed by atoms with Gasteiger partial charge in [-0.05, 0) is 65.0 Å². The van der Waals surface area contributed by atoms with Crippen molar-refractivity contribution in [2.45, 2.75) is 53.4 Å². The van der Waals surface area contributed by atoms with Gasteiger partial charge in [0.1, 0.15) is 5.76 Å². The van der Waals surface area contributed by atoms with Gasteiger partial charge in [0.15, 0.2) is 0 Å². The summed E-state index contributed by atoms with van der Waals surface area (Å²) in [6, 6.07) is 0. The van der Waals surface area contributed by atoms with Crippen molar-refractivity contribution in [3.05, 3.63) is 59.9 Å². The average molecular weight is 330 g/mol. The number of rotatable bonds is 8. The van der Waals surface area contributed by atoms with Crippen molar-refractivity contribution in [3.8, 4) is 0 Å². The number of aliphatic hydroxyl groups is 1. The summed E-state index contributed by atoms with van der Waals surface area (Å²) in [5, 5.41) is 9.45. The SMILES string of the molecule is C=C(/C=C\C(=C/C)C(=C)O)CCC1(C)CCN(C/C(C)=C/C)CC1. The van der Waals surface area contributed by atoms with Gasteiger partial charge in [-0.25, -0.2) is 0 Å². The third-order valence-electron chi connectivity index (χ3n) is 5.22. The molecule has 0 aromatic heterocycles. The second-order valence-corrected chi connectivity index (χ2v) is 7.40. The highest BCUT2D eigenvalue weighted by Gasteiger charge is 2.29. The van der Waals surface area contributed by atoms with Crippen LogP contribution in [0.25, 0.3) is 0 Å². The summed E-state index contributed by atoms with van der Waals surface area (Å²) in [6.07, 6.45) is 12.7. The first-order chi connectivity index (χ1) is 11.3. The molecule has 0 amide bonds. The van der Waals surface area contributed by atoms with Gasteiger partial charge < -0.3 is 5.11 Å². The van der Waals surface area contributed by atoms with E-state index < -0.39 is 0 Å².